The third-order valence-corrected chi connectivity index (χ3v) is 5.05. The van der Waals surface area contributed by atoms with Crippen LogP contribution in [0.15, 0.2) is 24.3 Å². The lowest BCUT2D eigenvalue weighted by Crippen LogP contribution is -2.33. The molecule has 0 saturated carbocycles. The van der Waals surface area contributed by atoms with Crippen LogP contribution in [0.2, 0.25) is 0 Å². The van der Waals surface area contributed by atoms with Crippen LogP contribution >= 0.6 is 0 Å². The zero-order valence-corrected chi connectivity index (χ0v) is 18.4. The van der Waals surface area contributed by atoms with Gasteiger partial charge in [0.2, 0.25) is 0 Å². The van der Waals surface area contributed by atoms with Gasteiger partial charge in [0.15, 0.2) is 0 Å². The highest BCUT2D eigenvalue weighted by molar-refractivity contribution is 5.29. The Morgan fingerprint density at radius 1 is 1.03 bits per heavy atom. The SMILES string of the molecule is CN[C@H](CN1CC[C@H](OCCOCCOCCOC)C1)c1ccc(OCCO)cc1. The minimum Gasteiger partial charge on any atom is -0.491 e. The molecule has 8 heteroatoms. The fourth-order valence-corrected chi connectivity index (χ4v) is 3.42. The van der Waals surface area contributed by atoms with E-state index in [4.69, 9.17) is 28.8 Å². The minimum atomic E-state index is 0.0223. The van der Waals surface area contributed by atoms with E-state index >= 15 is 0 Å². The van der Waals surface area contributed by atoms with Crippen LogP contribution in [-0.4, -0.2) is 103 Å². The zero-order chi connectivity index (χ0) is 21.4. The summed E-state index contributed by atoms with van der Waals surface area (Å²) in [5, 5.41) is 12.3. The lowest BCUT2D eigenvalue weighted by atomic mass is 10.1. The van der Waals surface area contributed by atoms with E-state index in [1.165, 1.54) is 5.56 Å². The number of rotatable bonds is 17. The molecule has 8 nitrogen and oxygen atoms in total. The molecule has 0 unspecified atom stereocenters. The number of benzene rings is 1. The van der Waals surface area contributed by atoms with E-state index in [0.29, 0.717) is 46.2 Å². The monoisotopic (exact) mass is 426 g/mol. The molecule has 0 radical (unpaired) electrons. The Balaban J connectivity index is 1.60. The number of methoxy groups -OCH3 is 1. The summed E-state index contributed by atoms with van der Waals surface area (Å²) < 4.78 is 27.2. The first-order valence-electron chi connectivity index (χ1n) is 10.8. The standard InChI is InChI=1S/C22H38N2O6/c1-23-22(19-3-5-20(6-4-19)29-10-9-25)18-24-8-7-21(17-24)30-16-15-28-14-13-27-12-11-26-2/h3-6,21-23,25H,7-18H2,1-2H3/t21-,22+/m0/s1. The highest BCUT2D eigenvalue weighted by Gasteiger charge is 2.25. The van der Waals surface area contributed by atoms with Gasteiger partial charge in [0.1, 0.15) is 12.4 Å². The van der Waals surface area contributed by atoms with Gasteiger partial charge in [-0.05, 0) is 31.2 Å². The normalized spacial score (nSPS) is 18.0. The average Bonchev–Trinajstić information content (AvgIpc) is 3.22. The first kappa shape index (κ1) is 25.0. The van der Waals surface area contributed by atoms with Crippen LogP contribution in [0.25, 0.3) is 0 Å². The van der Waals surface area contributed by atoms with Crippen molar-refractivity contribution in [3.63, 3.8) is 0 Å². The number of hydrogen-bond donors (Lipinski definition) is 2. The number of likely N-dealkylation sites (N-methyl/N-ethyl adjacent to an activating group) is 1. The van der Waals surface area contributed by atoms with Gasteiger partial charge in [0, 0.05) is 32.8 Å². The van der Waals surface area contributed by atoms with Crippen LogP contribution in [0.1, 0.15) is 18.0 Å². The molecule has 1 aliphatic heterocycles. The van der Waals surface area contributed by atoms with E-state index < -0.39 is 0 Å². The number of nitrogens with one attached hydrogen (secondary N) is 1. The number of likely N-dealkylation sites (tertiary alicyclic amines) is 1. The molecule has 2 N–H and O–H groups in total. The molecular weight excluding hydrogens is 388 g/mol. The zero-order valence-electron chi connectivity index (χ0n) is 18.4. The number of aliphatic hydroxyl groups excluding tert-OH is 1. The summed E-state index contributed by atoms with van der Waals surface area (Å²) in [7, 11) is 3.65. The summed E-state index contributed by atoms with van der Waals surface area (Å²) >= 11 is 0. The van der Waals surface area contributed by atoms with Crippen LogP contribution in [0.4, 0.5) is 0 Å². The maximum absolute atomic E-state index is 8.85. The summed E-state index contributed by atoms with van der Waals surface area (Å²) in [6, 6.07) is 8.31. The lowest BCUT2D eigenvalue weighted by Gasteiger charge is -2.24. The van der Waals surface area contributed by atoms with Gasteiger partial charge in [0.25, 0.3) is 0 Å². The lowest BCUT2D eigenvalue weighted by molar-refractivity contribution is -0.0137. The maximum Gasteiger partial charge on any atom is 0.119 e. The second-order valence-electron chi connectivity index (χ2n) is 7.24. The molecule has 0 bridgehead atoms. The Labute approximate surface area is 180 Å². The Morgan fingerprint density at radius 3 is 2.40 bits per heavy atom. The first-order valence-corrected chi connectivity index (χ1v) is 10.8. The molecule has 172 valence electrons. The van der Waals surface area contributed by atoms with Crippen LogP contribution in [-0.2, 0) is 18.9 Å². The van der Waals surface area contributed by atoms with Crippen LogP contribution < -0.4 is 10.1 Å². The van der Waals surface area contributed by atoms with E-state index in [-0.39, 0.29) is 18.8 Å². The Kier molecular flexibility index (Phi) is 12.9. The molecule has 1 saturated heterocycles. The molecule has 2 atom stereocenters. The van der Waals surface area contributed by atoms with Gasteiger partial charge in [-0.25, -0.2) is 0 Å². The van der Waals surface area contributed by atoms with Crippen LogP contribution in [0.5, 0.6) is 5.75 Å². The van der Waals surface area contributed by atoms with Crippen molar-refractivity contribution in [1.82, 2.24) is 10.2 Å². The fraction of sp³-hybridized carbons (Fsp3) is 0.727. The molecule has 0 aromatic heterocycles. The van der Waals surface area contributed by atoms with Crippen molar-refractivity contribution in [3.8, 4) is 5.75 Å². The molecule has 30 heavy (non-hydrogen) atoms. The Bertz CT molecular complexity index is 545. The van der Waals surface area contributed by atoms with Gasteiger partial charge in [-0.15, -0.1) is 0 Å². The van der Waals surface area contributed by atoms with Crippen molar-refractivity contribution in [3.05, 3.63) is 29.8 Å². The van der Waals surface area contributed by atoms with Crippen molar-refractivity contribution in [2.24, 2.45) is 0 Å². The summed E-state index contributed by atoms with van der Waals surface area (Å²) in [6.07, 6.45) is 1.31. The van der Waals surface area contributed by atoms with E-state index in [9.17, 15) is 0 Å². The summed E-state index contributed by atoms with van der Waals surface area (Å²) in [6.45, 7) is 6.83. The van der Waals surface area contributed by atoms with Crippen molar-refractivity contribution < 1.29 is 28.8 Å². The molecule has 2 rings (SSSR count). The Morgan fingerprint density at radius 2 is 1.73 bits per heavy atom. The van der Waals surface area contributed by atoms with E-state index in [0.717, 1.165) is 31.8 Å². The van der Waals surface area contributed by atoms with Gasteiger partial charge in [-0.3, -0.25) is 4.90 Å². The second-order valence-corrected chi connectivity index (χ2v) is 7.24. The quantitative estimate of drug-likeness (QED) is 0.358. The molecule has 1 aromatic rings. The largest absolute Gasteiger partial charge is 0.491 e. The van der Waals surface area contributed by atoms with Crippen LogP contribution in [0.3, 0.4) is 0 Å². The third kappa shape index (κ3) is 9.70. The topological polar surface area (TPSA) is 81.7 Å². The molecule has 1 aromatic carbocycles. The molecule has 1 fully saturated rings. The van der Waals surface area contributed by atoms with E-state index in [1.807, 2.05) is 19.2 Å². The number of nitrogens with zero attached hydrogens (tertiary/aromatic N) is 1. The van der Waals surface area contributed by atoms with Gasteiger partial charge < -0.3 is 34.1 Å². The highest BCUT2D eigenvalue weighted by Crippen LogP contribution is 2.21. The van der Waals surface area contributed by atoms with Gasteiger partial charge in [-0.1, -0.05) is 12.1 Å². The minimum absolute atomic E-state index is 0.0223. The predicted molar refractivity (Wildman–Crippen MR) is 115 cm³/mol. The number of aliphatic hydroxyl groups is 1. The Hall–Kier alpha value is -1.26. The second kappa shape index (κ2) is 15.5. The van der Waals surface area contributed by atoms with E-state index in [2.05, 4.69) is 22.3 Å². The number of hydrogen-bond acceptors (Lipinski definition) is 8. The maximum atomic E-state index is 8.85. The van der Waals surface area contributed by atoms with Crippen molar-refractivity contribution in [1.29, 1.82) is 0 Å². The summed E-state index contributed by atoms with van der Waals surface area (Å²) in [5.41, 5.74) is 1.22. The smallest absolute Gasteiger partial charge is 0.119 e. The predicted octanol–water partition coefficient (Wildman–Crippen LogP) is 1.09. The molecular formula is C22H38N2O6. The van der Waals surface area contributed by atoms with Crippen molar-refractivity contribution >= 4 is 0 Å². The first-order chi connectivity index (χ1) is 14.8. The van der Waals surface area contributed by atoms with Gasteiger partial charge >= 0.3 is 0 Å². The average molecular weight is 427 g/mol. The molecule has 1 aliphatic rings. The summed E-state index contributed by atoms with van der Waals surface area (Å²) in [4.78, 5) is 2.44. The fourth-order valence-electron chi connectivity index (χ4n) is 3.42. The molecule has 1 heterocycles. The van der Waals surface area contributed by atoms with Gasteiger partial charge in [0.05, 0.1) is 52.4 Å². The van der Waals surface area contributed by atoms with Crippen molar-refractivity contribution in [2.45, 2.75) is 18.6 Å². The van der Waals surface area contributed by atoms with Gasteiger partial charge in [-0.2, -0.15) is 0 Å². The van der Waals surface area contributed by atoms with Crippen LogP contribution in [0, 0.1) is 0 Å². The van der Waals surface area contributed by atoms with Crippen molar-refractivity contribution in [2.75, 3.05) is 86.6 Å². The molecule has 0 aliphatic carbocycles. The van der Waals surface area contributed by atoms with E-state index in [1.54, 1.807) is 7.11 Å². The third-order valence-electron chi connectivity index (χ3n) is 5.05. The number of ether oxygens (including phenoxy) is 5. The molecule has 0 amide bonds. The highest BCUT2D eigenvalue weighted by atomic mass is 16.6. The molecule has 0 spiro atoms. The summed E-state index contributed by atoms with van der Waals surface area (Å²) in [5.74, 6) is 0.779.